The molecular weight excluding hydrogens is 394 g/mol. The molecule has 0 fully saturated rings. The topological polar surface area (TPSA) is 121 Å². The number of hydrogen-bond donors (Lipinski definition) is 2. The van der Waals surface area contributed by atoms with E-state index in [-0.39, 0.29) is 39.9 Å². The van der Waals surface area contributed by atoms with Gasteiger partial charge in [0.25, 0.3) is 5.91 Å². The lowest BCUT2D eigenvalue weighted by atomic mass is 10.1. The molecule has 1 amide bonds. The van der Waals surface area contributed by atoms with Gasteiger partial charge in [-0.1, -0.05) is 24.3 Å². The summed E-state index contributed by atoms with van der Waals surface area (Å²) >= 11 is 0.935. The van der Waals surface area contributed by atoms with E-state index in [1.54, 1.807) is 25.1 Å². The second kappa shape index (κ2) is 8.70. The first-order chi connectivity index (χ1) is 14.0. The number of hydrogen-bond acceptors (Lipinski definition) is 8. The number of para-hydroxylation sites is 1. The molecule has 0 atom stereocenters. The van der Waals surface area contributed by atoms with Crippen LogP contribution in [-0.2, 0) is 16.1 Å². The Bertz CT molecular complexity index is 1090. The number of esters is 2. The van der Waals surface area contributed by atoms with Gasteiger partial charge in [-0.05, 0) is 19.1 Å². The van der Waals surface area contributed by atoms with Crippen molar-refractivity contribution in [3.8, 4) is 0 Å². The van der Waals surface area contributed by atoms with Crippen LogP contribution in [0.3, 0.4) is 0 Å². The van der Waals surface area contributed by atoms with E-state index in [9.17, 15) is 14.4 Å². The number of ether oxygens (including phenoxy) is 2. The Morgan fingerprint density at radius 2 is 1.86 bits per heavy atom. The Kier molecular flexibility index (Phi) is 6.08. The quantitative estimate of drug-likeness (QED) is 0.596. The Balaban J connectivity index is 1.88. The van der Waals surface area contributed by atoms with Crippen LogP contribution in [0.2, 0.25) is 0 Å². The zero-order valence-corrected chi connectivity index (χ0v) is 16.7. The van der Waals surface area contributed by atoms with Crippen molar-refractivity contribution in [3.05, 3.63) is 58.1 Å². The zero-order valence-electron chi connectivity index (χ0n) is 15.9. The van der Waals surface area contributed by atoms with Gasteiger partial charge in [-0.3, -0.25) is 4.79 Å². The van der Waals surface area contributed by atoms with E-state index < -0.39 is 17.8 Å². The van der Waals surface area contributed by atoms with E-state index in [0.717, 1.165) is 16.7 Å². The second-order valence-electron chi connectivity index (χ2n) is 5.91. The van der Waals surface area contributed by atoms with Crippen LogP contribution in [0.15, 0.2) is 36.4 Å². The standard InChI is InChI=1S/C20H19N3O5S/c1-3-27-20(26)15-12(16(18(24)22-2)29-17(15)21)10-28-19(25)14-9-8-11-6-4-5-7-13(11)23-14/h4-9H,3,10,21H2,1-2H3,(H,22,24). The first-order valence-corrected chi connectivity index (χ1v) is 9.61. The summed E-state index contributed by atoms with van der Waals surface area (Å²) in [6, 6.07) is 10.7. The van der Waals surface area contributed by atoms with Gasteiger partial charge in [-0.15, -0.1) is 11.3 Å². The average Bonchev–Trinajstić information content (AvgIpc) is 3.07. The molecule has 0 spiro atoms. The number of benzene rings is 1. The van der Waals surface area contributed by atoms with Crippen molar-refractivity contribution in [2.75, 3.05) is 19.4 Å². The number of amides is 1. The Hall–Kier alpha value is -3.46. The molecular formula is C20H19N3O5S. The summed E-state index contributed by atoms with van der Waals surface area (Å²) in [6.45, 7) is 1.48. The Morgan fingerprint density at radius 1 is 1.10 bits per heavy atom. The summed E-state index contributed by atoms with van der Waals surface area (Å²) in [5.74, 6) is -1.79. The van der Waals surface area contributed by atoms with E-state index in [0.29, 0.717) is 5.52 Å². The third-order valence-corrected chi connectivity index (χ3v) is 5.16. The van der Waals surface area contributed by atoms with Crippen LogP contribution in [0.1, 0.15) is 43.0 Å². The van der Waals surface area contributed by atoms with Crippen LogP contribution in [0.4, 0.5) is 5.00 Å². The second-order valence-corrected chi connectivity index (χ2v) is 6.97. The summed E-state index contributed by atoms with van der Waals surface area (Å²) in [5, 5.41) is 3.50. The van der Waals surface area contributed by atoms with Crippen LogP contribution in [-0.4, -0.2) is 36.5 Å². The summed E-state index contributed by atoms with van der Waals surface area (Å²) in [7, 11) is 1.46. The van der Waals surface area contributed by atoms with Crippen LogP contribution < -0.4 is 11.1 Å². The maximum atomic E-state index is 12.5. The van der Waals surface area contributed by atoms with Crippen LogP contribution in [0.5, 0.6) is 0 Å². The highest BCUT2D eigenvalue weighted by Crippen LogP contribution is 2.32. The number of anilines is 1. The molecule has 8 nitrogen and oxygen atoms in total. The molecule has 9 heteroatoms. The number of nitrogens with two attached hydrogens (primary N) is 1. The maximum absolute atomic E-state index is 12.5. The normalized spacial score (nSPS) is 10.6. The van der Waals surface area contributed by atoms with E-state index in [1.807, 2.05) is 18.2 Å². The smallest absolute Gasteiger partial charge is 0.357 e. The Morgan fingerprint density at radius 3 is 2.59 bits per heavy atom. The van der Waals surface area contributed by atoms with Crippen molar-refractivity contribution in [2.45, 2.75) is 13.5 Å². The van der Waals surface area contributed by atoms with Gasteiger partial charge in [0, 0.05) is 18.0 Å². The summed E-state index contributed by atoms with van der Waals surface area (Å²) in [6.07, 6.45) is 0. The largest absolute Gasteiger partial charge is 0.462 e. The number of aromatic nitrogens is 1. The number of carbonyl (C=O) groups excluding carboxylic acids is 3. The van der Waals surface area contributed by atoms with Gasteiger partial charge in [-0.2, -0.15) is 0 Å². The number of fused-ring (bicyclic) bond motifs is 1. The third-order valence-electron chi connectivity index (χ3n) is 4.10. The average molecular weight is 413 g/mol. The van der Waals surface area contributed by atoms with Crippen LogP contribution in [0, 0.1) is 0 Å². The highest BCUT2D eigenvalue weighted by Gasteiger charge is 2.27. The molecule has 2 aromatic heterocycles. The van der Waals surface area contributed by atoms with Crippen molar-refractivity contribution < 1.29 is 23.9 Å². The molecule has 150 valence electrons. The highest BCUT2D eigenvalue weighted by molar-refractivity contribution is 7.18. The van der Waals surface area contributed by atoms with Gasteiger partial charge in [0.2, 0.25) is 0 Å². The molecule has 3 rings (SSSR count). The molecule has 3 aromatic rings. The molecule has 1 aromatic carbocycles. The van der Waals surface area contributed by atoms with E-state index in [1.165, 1.54) is 7.05 Å². The highest BCUT2D eigenvalue weighted by atomic mass is 32.1. The van der Waals surface area contributed by atoms with Crippen molar-refractivity contribution in [1.29, 1.82) is 0 Å². The van der Waals surface area contributed by atoms with Gasteiger partial charge >= 0.3 is 11.9 Å². The van der Waals surface area contributed by atoms with Gasteiger partial charge in [-0.25, -0.2) is 14.6 Å². The molecule has 0 saturated heterocycles. The summed E-state index contributed by atoms with van der Waals surface area (Å²) < 4.78 is 10.4. The van der Waals surface area contributed by atoms with Gasteiger partial charge in [0.15, 0.2) is 0 Å². The van der Waals surface area contributed by atoms with Gasteiger partial charge < -0.3 is 20.5 Å². The fourth-order valence-electron chi connectivity index (χ4n) is 2.74. The minimum atomic E-state index is -0.682. The minimum Gasteiger partial charge on any atom is -0.462 e. The fourth-order valence-corrected chi connectivity index (χ4v) is 3.75. The number of thiophene rings is 1. The number of carbonyl (C=O) groups is 3. The van der Waals surface area contributed by atoms with Crippen LogP contribution >= 0.6 is 11.3 Å². The fraction of sp³-hybridized carbons (Fsp3) is 0.200. The Labute approximate surface area is 170 Å². The maximum Gasteiger partial charge on any atom is 0.357 e. The predicted octanol–water partition coefficient (Wildman–Crippen LogP) is 2.77. The molecule has 2 heterocycles. The third kappa shape index (κ3) is 4.19. The molecule has 0 aliphatic carbocycles. The zero-order chi connectivity index (χ0) is 21.0. The molecule has 0 unspecified atom stereocenters. The molecule has 0 aliphatic rings. The number of pyridine rings is 1. The molecule has 0 radical (unpaired) electrons. The van der Waals surface area contributed by atoms with E-state index in [4.69, 9.17) is 15.2 Å². The van der Waals surface area contributed by atoms with Crippen molar-refractivity contribution in [1.82, 2.24) is 10.3 Å². The predicted molar refractivity (Wildman–Crippen MR) is 109 cm³/mol. The van der Waals surface area contributed by atoms with E-state index >= 15 is 0 Å². The van der Waals surface area contributed by atoms with Crippen molar-refractivity contribution >= 4 is 45.1 Å². The molecule has 0 saturated carbocycles. The first kappa shape index (κ1) is 20.3. The molecule has 0 aliphatic heterocycles. The van der Waals surface area contributed by atoms with Crippen molar-refractivity contribution in [2.24, 2.45) is 0 Å². The van der Waals surface area contributed by atoms with Gasteiger partial charge in [0.05, 0.1) is 12.1 Å². The number of nitrogen functional groups attached to an aromatic ring is 1. The minimum absolute atomic E-state index is 0.0368. The van der Waals surface area contributed by atoms with E-state index in [2.05, 4.69) is 10.3 Å². The first-order valence-electron chi connectivity index (χ1n) is 8.79. The number of nitrogens with zero attached hydrogens (tertiary/aromatic N) is 1. The lowest BCUT2D eigenvalue weighted by Gasteiger charge is -2.09. The number of nitrogens with one attached hydrogen (secondary N) is 1. The lowest BCUT2D eigenvalue weighted by molar-refractivity contribution is 0.0444. The summed E-state index contributed by atoms with van der Waals surface area (Å²) in [4.78, 5) is 41.4. The molecule has 0 bridgehead atoms. The monoisotopic (exact) mass is 413 g/mol. The summed E-state index contributed by atoms with van der Waals surface area (Å²) in [5.41, 5.74) is 6.94. The molecule has 3 N–H and O–H groups in total. The number of rotatable bonds is 6. The van der Waals surface area contributed by atoms with Gasteiger partial charge in [0.1, 0.15) is 27.7 Å². The lowest BCUT2D eigenvalue weighted by Crippen LogP contribution is -2.20. The molecule has 29 heavy (non-hydrogen) atoms. The van der Waals surface area contributed by atoms with Crippen LogP contribution in [0.25, 0.3) is 10.9 Å². The van der Waals surface area contributed by atoms with Crippen molar-refractivity contribution in [3.63, 3.8) is 0 Å². The SMILES string of the molecule is CCOC(=O)c1c(N)sc(C(=O)NC)c1COC(=O)c1ccc2ccccc2n1.